The normalized spacial score (nSPS) is 54.0. The Morgan fingerprint density at radius 1 is 0.326 bits per heavy atom. The van der Waals surface area contributed by atoms with Crippen LogP contribution in [-0.4, -0.2) is 0 Å². The van der Waals surface area contributed by atoms with E-state index in [4.69, 9.17) is 0 Å². The molecule has 0 heteroatoms. The lowest BCUT2D eigenvalue weighted by Gasteiger charge is -2.61. The van der Waals surface area contributed by atoms with Crippen LogP contribution in [0.2, 0.25) is 0 Å². The van der Waals surface area contributed by atoms with Crippen molar-refractivity contribution in [2.75, 3.05) is 0 Å². The molecule has 8 aliphatic carbocycles. The van der Waals surface area contributed by atoms with Gasteiger partial charge in [0.05, 0.1) is 0 Å². The van der Waals surface area contributed by atoms with Crippen LogP contribution in [0.4, 0.5) is 0 Å². The highest BCUT2D eigenvalue weighted by molar-refractivity contribution is 5.05. The Hall–Kier alpha value is 0. The van der Waals surface area contributed by atoms with Gasteiger partial charge in [0, 0.05) is 0 Å². The fourth-order valence-corrected chi connectivity index (χ4v) is 15.4. The first-order valence-corrected chi connectivity index (χ1v) is 21.1. The minimum Gasteiger partial charge on any atom is -0.0625 e. The molecule has 8 fully saturated rings. The van der Waals surface area contributed by atoms with E-state index in [1.165, 1.54) is 0 Å². The quantitative estimate of drug-likeness (QED) is 0.306. The molecular weight excluding hydrogens is 516 g/mol. The molecule has 0 bridgehead atoms. The van der Waals surface area contributed by atoms with Gasteiger partial charge in [-0.3, -0.25) is 0 Å². The second-order valence-electron chi connectivity index (χ2n) is 19.5. The molecule has 244 valence electrons. The number of fused-ring (bicyclic) bond motifs is 4. The molecule has 43 heavy (non-hydrogen) atoms. The predicted octanol–water partition coefficient (Wildman–Crippen LogP) is 12.7. The molecule has 0 aromatic carbocycles. The largest absolute Gasteiger partial charge is 0.0625 e. The van der Waals surface area contributed by atoms with E-state index < -0.39 is 0 Å². The molecule has 8 rings (SSSR count). The molecule has 0 N–H and O–H groups in total. The zero-order valence-electron chi connectivity index (χ0n) is 28.9. The van der Waals surface area contributed by atoms with E-state index >= 15 is 0 Å². The van der Waals surface area contributed by atoms with Crippen LogP contribution in [0.25, 0.3) is 0 Å². The van der Waals surface area contributed by atoms with Gasteiger partial charge >= 0.3 is 0 Å². The lowest BCUT2D eigenvalue weighted by molar-refractivity contribution is -0.123. The standard InChI is InChI=1S/C43H72/c1-28-11-17-32(18-12-28)42-38-9-5-6-10-39(38)43(33-19-13-29(2)14-20-33)41-25-31(16-22-40(41)42)23-30-15-21-36-26-34-7-3-4-8-35(34)27-37(36)24-30/h28-43H,3-27H2,1-2H3. The minimum atomic E-state index is 1.01. The van der Waals surface area contributed by atoms with E-state index in [0.717, 1.165) is 94.7 Å². The molecule has 0 amide bonds. The third-order valence-electron chi connectivity index (χ3n) is 17.3. The van der Waals surface area contributed by atoms with Crippen LogP contribution < -0.4 is 0 Å². The second-order valence-corrected chi connectivity index (χ2v) is 19.5. The monoisotopic (exact) mass is 589 g/mol. The third kappa shape index (κ3) is 6.21. The van der Waals surface area contributed by atoms with Crippen LogP contribution in [0.3, 0.4) is 0 Å². The predicted molar refractivity (Wildman–Crippen MR) is 183 cm³/mol. The molecule has 0 aromatic rings. The molecule has 0 nitrogen and oxygen atoms in total. The zero-order valence-corrected chi connectivity index (χ0v) is 28.9. The van der Waals surface area contributed by atoms with E-state index in [9.17, 15) is 0 Å². The van der Waals surface area contributed by atoms with Crippen LogP contribution in [0, 0.1) is 94.7 Å². The maximum Gasteiger partial charge on any atom is -0.0323 e. The molecule has 8 aliphatic rings. The van der Waals surface area contributed by atoms with E-state index in [1.54, 1.807) is 161 Å². The highest BCUT2D eigenvalue weighted by Gasteiger charge is 2.56. The SMILES string of the molecule is CC1CCC(C2C3CCCCC3C(C3CCC(C)CC3)C3CC(CC4CCC5CC6CCCCC6CC5C4)CCC32)CC1. The minimum absolute atomic E-state index is 1.01. The summed E-state index contributed by atoms with van der Waals surface area (Å²) in [5.74, 6) is 17.7. The summed E-state index contributed by atoms with van der Waals surface area (Å²) < 4.78 is 0. The Balaban J connectivity index is 0.993. The fraction of sp³-hybridized carbons (Fsp3) is 1.00. The lowest BCUT2D eigenvalue weighted by atomic mass is 9.44. The first kappa shape index (κ1) is 30.3. The smallest absolute Gasteiger partial charge is 0.0323 e. The molecule has 0 spiro atoms. The lowest BCUT2D eigenvalue weighted by Crippen LogP contribution is -2.54. The highest BCUT2D eigenvalue weighted by atomic mass is 14.6. The van der Waals surface area contributed by atoms with Crippen molar-refractivity contribution in [3.8, 4) is 0 Å². The Morgan fingerprint density at radius 3 is 1.40 bits per heavy atom. The molecule has 12 unspecified atom stereocenters. The maximum absolute atomic E-state index is 2.56. The van der Waals surface area contributed by atoms with Gasteiger partial charge in [0.25, 0.3) is 0 Å². The van der Waals surface area contributed by atoms with E-state index in [-0.39, 0.29) is 0 Å². The van der Waals surface area contributed by atoms with Gasteiger partial charge in [-0.15, -0.1) is 0 Å². The number of hydrogen-bond acceptors (Lipinski definition) is 0. The van der Waals surface area contributed by atoms with Crippen LogP contribution in [0.5, 0.6) is 0 Å². The summed E-state index contributed by atoms with van der Waals surface area (Å²) in [5, 5.41) is 0. The van der Waals surface area contributed by atoms with Crippen molar-refractivity contribution in [2.24, 2.45) is 94.7 Å². The Bertz CT molecular complexity index is 888. The van der Waals surface area contributed by atoms with Crippen molar-refractivity contribution in [1.82, 2.24) is 0 Å². The molecule has 8 saturated carbocycles. The molecule has 0 aromatic heterocycles. The number of rotatable bonds is 4. The molecule has 0 aliphatic heterocycles. The van der Waals surface area contributed by atoms with Crippen molar-refractivity contribution in [1.29, 1.82) is 0 Å². The van der Waals surface area contributed by atoms with Crippen molar-refractivity contribution in [3.05, 3.63) is 0 Å². The van der Waals surface area contributed by atoms with Gasteiger partial charge in [-0.05, 0) is 178 Å². The van der Waals surface area contributed by atoms with Gasteiger partial charge < -0.3 is 0 Å². The topological polar surface area (TPSA) is 0 Å². The average molecular weight is 589 g/mol. The van der Waals surface area contributed by atoms with E-state index in [1.807, 2.05) is 0 Å². The zero-order chi connectivity index (χ0) is 28.9. The van der Waals surface area contributed by atoms with Crippen molar-refractivity contribution < 1.29 is 0 Å². The van der Waals surface area contributed by atoms with Crippen LogP contribution in [0.1, 0.15) is 174 Å². The number of hydrogen-bond donors (Lipinski definition) is 0. The Labute approximate surface area is 268 Å². The maximum atomic E-state index is 2.56. The fourth-order valence-electron chi connectivity index (χ4n) is 15.4. The van der Waals surface area contributed by atoms with Crippen molar-refractivity contribution in [3.63, 3.8) is 0 Å². The Morgan fingerprint density at radius 2 is 0.767 bits per heavy atom. The van der Waals surface area contributed by atoms with Crippen molar-refractivity contribution >= 4 is 0 Å². The van der Waals surface area contributed by atoms with Crippen molar-refractivity contribution in [2.45, 2.75) is 174 Å². The highest BCUT2D eigenvalue weighted by Crippen LogP contribution is 2.63. The third-order valence-corrected chi connectivity index (χ3v) is 17.3. The first-order valence-electron chi connectivity index (χ1n) is 21.1. The van der Waals surface area contributed by atoms with Gasteiger partial charge in [0.15, 0.2) is 0 Å². The molecular formula is C43H72. The van der Waals surface area contributed by atoms with Gasteiger partial charge in [-0.25, -0.2) is 0 Å². The van der Waals surface area contributed by atoms with E-state index in [2.05, 4.69) is 13.8 Å². The van der Waals surface area contributed by atoms with Crippen LogP contribution in [0.15, 0.2) is 0 Å². The van der Waals surface area contributed by atoms with Gasteiger partial charge in [0.1, 0.15) is 0 Å². The molecule has 0 radical (unpaired) electrons. The summed E-state index contributed by atoms with van der Waals surface area (Å²) in [6, 6.07) is 0. The summed E-state index contributed by atoms with van der Waals surface area (Å²) in [6.07, 6.45) is 40.0. The van der Waals surface area contributed by atoms with Gasteiger partial charge in [-0.1, -0.05) is 90.9 Å². The first-order chi connectivity index (χ1) is 21.1. The summed E-state index contributed by atoms with van der Waals surface area (Å²) >= 11 is 0. The summed E-state index contributed by atoms with van der Waals surface area (Å²) in [5.41, 5.74) is 0. The summed E-state index contributed by atoms with van der Waals surface area (Å²) in [6.45, 7) is 5.12. The summed E-state index contributed by atoms with van der Waals surface area (Å²) in [7, 11) is 0. The van der Waals surface area contributed by atoms with Crippen LogP contribution in [-0.2, 0) is 0 Å². The molecule has 0 saturated heterocycles. The summed E-state index contributed by atoms with van der Waals surface area (Å²) in [4.78, 5) is 0. The Kier molecular flexibility index (Phi) is 9.35. The molecule has 0 heterocycles. The average Bonchev–Trinajstić information content (AvgIpc) is 3.04. The van der Waals surface area contributed by atoms with Gasteiger partial charge in [0.2, 0.25) is 0 Å². The molecule has 12 atom stereocenters. The van der Waals surface area contributed by atoms with Crippen LogP contribution >= 0.6 is 0 Å². The van der Waals surface area contributed by atoms with Gasteiger partial charge in [-0.2, -0.15) is 0 Å². The van der Waals surface area contributed by atoms with E-state index in [0.29, 0.717) is 0 Å². The second kappa shape index (κ2) is 13.2.